The van der Waals surface area contributed by atoms with Gasteiger partial charge in [0, 0.05) is 6.61 Å². The molecule has 0 aliphatic heterocycles. The summed E-state index contributed by atoms with van der Waals surface area (Å²) >= 11 is 0. The van der Waals surface area contributed by atoms with E-state index < -0.39 is 16.0 Å². The van der Waals surface area contributed by atoms with Crippen LogP contribution in [0.3, 0.4) is 0 Å². The average molecular weight is 287 g/mol. The van der Waals surface area contributed by atoms with Crippen molar-refractivity contribution in [3.8, 4) is 0 Å². The summed E-state index contributed by atoms with van der Waals surface area (Å²) in [6.45, 7) is 4.00. The third kappa shape index (κ3) is 4.88. The smallest absolute Gasteiger partial charge is 0.337 e. The second kappa shape index (κ2) is 6.53. The summed E-state index contributed by atoms with van der Waals surface area (Å²) in [5, 5.41) is 9.04. The molecule has 7 heteroatoms. The number of carbonyl (C=O) groups is 1. The zero-order valence-electron chi connectivity index (χ0n) is 10.8. The van der Waals surface area contributed by atoms with Crippen molar-refractivity contribution in [3.63, 3.8) is 0 Å². The lowest BCUT2D eigenvalue weighted by atomic mass is 10.1. The van der Waals surface area contributed by atoms with Gasteiger partial charge in [-0.25, -0.2) is 13.2 Å². The van der Waals surface area contributed by atoms with Crippen molar-refractivity contribution < 1.29 is 23.1 Å². The van der Waals surface area contributed by atoms with Crippen molar-refractivity contribution in [1.29, 1.82) is 0 Å². The number of anilines is 1. The van der Waals surface area contributed by atoms with E-state index in [9.17, 15) is 13.2 Å². The Kier molecular flexibility index (Phi) is 5.31. The van der Waals surface area contributed by atoms with Gasteiger partial charge in [-0.05, 0) is 26.0 Å². The molecule has 0 aliphatic rings. The van der Waals surface area contributed by atoms with Crippen LogP contribution < -0.4 is 4.72 Å². The van der Waals surface area contributed by atoms with Crippen molar-refractivity contribution in [1.82, 2.24) is 0 Å². The van der Waals surface area contributed by atoms with Gasteiger partial charge in [-0.3, -0.25) is 4.72 Å². The number of aryl methyl sites for hydroxylation is 1. The first-order valence-corrected chi connectivity index (χ1v) is 7.43. The zero-order chi connectivity index (χ0) is 14.5. The summed E-state index contributed by atoms with van der Waals surface area (Å²) in [6.07, 6.45) is 0. The Morgan fingerprint density at radius 3 is 2.68 bits per heavy atom. The Morgan fingerprint density at radius 2 is 2.11 bits per heavy atom. The minimum atomic E-state index is -3.61. The molecular formula is C12H17NO5S. The molecule has 106 valence electrons. The normalized spacial score (nSPS) is 11.3. The average Bonchev–Trinajstić information content (AvgIpc) is 2.31. The number of benzene rings is 1. The first kappa shape index (κ1) is 15.5. The SMILES string of the molecule is CCOCCS(=O)(=O)Nc1ccc(C)cc1C(=O)O. The summed E-state index contributed by atoms with van der Waals surface area (Å²) in [6, 6.07) is 4.51. The minimum Gasteiger partial charge on any atom is -0.478 e. The fraction of sp³-hybridized carbons (Fsp3) is 0.417. The van der Waals surface area contributed by atoms with Crippen LogP contribution in [0.25, 0.3) is 0 Å². The first-order valence-electron chi connectivity index (χ1n) is 5.78. The number of carboxylic acid groups (broad SMARTS) is 1. The van der Waals surface area contributed by atoms with Crippen molar-refractivity contribution in [2.75, 3.05) is 23.7 Å². The molecule has 0 bridgehead atoms. The van der Waals surface area contributed by atoms with E-state index in [1.807, 2.05) is 0 Å². The van der Waals surface area contributed by atoms with Gasteiger partial charge >= 0.3 is 5.97 Å². The highest BCUT2D eigenvalue weighted by Crippen LogP contribution is 2.18. The summed E-state index contributed by atoms with van der Waals surface area (Å²) < 4.78 is 30.7. The molecule has 0 aliphatic carbocycles. The maximum Gasteiger partial charge on any atom is 0.337 e. The largest absolute Gasteiger partial charge is 0.478 e. The number of hydrogen-bond donors (Lipinski definition) is 2. The molecule has 0 saturated carbocycles. The van der Waals surface area contributed by atoms with Crippen molar-refractivity contribution in [2.45, 2.75) is 13.8 Å². The van der Waals surface area contributed by atoms with Crippen LogP contribution in [0, 0.1) is 6.92 Å². The third-order valence-electron chi connectivity index (χ3n) is 2.37. The first-order chi connectivity index (χ1) is 8.85. The Morgan fingerprint density at radius 1 is 1.42 bits per heavy atom. The van der Waals surface area contributed by atoms with Gasteiger partial charge in [0.1, 0.15) is 0 Å². The quantitative estimate of drug-likeness (QED) is 0.741. The molecule has 1 rings (SSSR count). The number of rotatable bonds is 7. The summed E-state index contributed by atoms with van der Waals surface area (Å²) in [7, 11) is -3.61. The number of carboxylic acids is 1. The highest BCUT2D eigenvalue weighted by Gasteiger charge is 2.16. The molecule has 0 atom stereocenters. The number of hydrogen-bond acceptors (Lipinski definition) is 4. The molecule has 0 heterocycles. The fourth-order valence-corrected chi connectivity index (χ4v) is 2.41. The lowest BCUT2D eigenvalue weighted by Gasteiger charge is -2.11. The predicted octanol–water partition coefficient (Wildman–Crippen LogP) is 1.47. The summed E-state index contributed by atoms with van der Waals surface area (Å²) in [5.74, 6) is -1.39. The number of sulfonamides is 1. The van der Waals surface area contributed by atoms with Gasteiger partial charge in [0.25, 0.3) is 0 Å². The van der Waals surface area contributed by atoms with Crippen LogP contribution in [0.5, 0.6) is 0 Å². The second-order valence-electron chi connectivity index (χ2n) is 3.97. The van der Waals surface area contributed by atoms with Gasteiger partial charge in [0.15, 0.2) is 0 Å². The number of ether oxygens (including phenoxy) is 1. The lowest BCUT2D eigenvalue weighted by molar-refractivity contribution is 0.0698. The van der Waals surface area contributed by atoms with Crippen molar-refractivity contribution in [2.24, 2.45) is 0 Å². The zero-order valence-corrected chi connectivity index (χ0v) is 11.7. The molecule has 1 aromatic carbocycles. The molecule has 0 amide bonds. The fourth-order valence-electron chi connectivity index (χ4n) is 1.46. The molecule has 19 heavy (non-hydrogen) atoms. The third-order valence-corrected chi connectivity index (χ3v) is 3.61. The van der Waals surface area contributed by atoms with Crippen LogP contribution >= 0.6 is 0 Å². The Hall–Kier alpha value is -1.60. The second-order valence-corrected chi connectivity index (χ2v) is 5.81. The number of aromatic carboxylic acids is 1. The van der Waals surface area contributed by atoms with Crippen LogP contribution in [-0.4, -0.2) is 38.5 Å². The van der Waals surface area contributed by atoms with Crippen molar-refractivity contribution in [3.05, 3.63) is 29.3 Å². The molecular weight excluding hydrogens is 270 g/mol. The maximum atomic E-state index is 11.8. The Labute approximate surface area is 112 Å². The van der Waals surface area contributed by atoms with E-state index in [2.05, 4.69) is 4.72 Å². The summed E-state index contributed by atoms with van der Waals surface area (Å²) in [5.41, 5.74) is 0.740. The molecule has 0 aromatic heterocycles. The van der Waals surface area contributed by atoms with E-state index in [0.717, 1.165) is 5.56 Å². The Bertz CT molecular complexity index is 553. The highest BCUT2D eigenvalue weighted by molar-refractivity contribution is 7.92. The van der Waals surface area contributed by atoms with Gasteiger partial charge in [0.05, 0.1) is 23.6 Å². The minimum absolute atomic E-state index is 0.0644. The van der Waals surface area contributed by atoms with E-state index in [-0.39, 0.29) is 23.6 Å². The molecule has 6 nitrogen and oxygen atoms in total. The van der Waals surface area contributed by atoms with E-state index >= 15 is 0 Å². The van der Waals surface area contributed by atoms with Crippen LogP contribution in [-0.2, 0) is 14.8 Å². The topological polar surface area (TPSA) is 92.7 Å². The molecule has 0 radical (unpaired) electrons. The molecule has 1 aromatic rings. The van der Waals surface area contributed by atoms with E-state index in [1.165, 1.54) is 12.1 Å². The maximum absolute atomic E-state index is 11.8. The molecule has 0 saturated heterocycles. The summed E-state index contributed by atoms with van der Waals surface area (Å²) in [4.78, 5) is 11.1. The molecule has 0 unspecified atom stereocenters. The predicted molar refractivity (Wildman–Crippen MR) is 72.0 cm³/mol. The number of nitrogens with one attached hydrogen (secondary N) is 1. The monoisotopic (exact) mass is 287 g/mol. The van der Waals surface area contributed by atoms with E-state index in [1.54, 1.807) is 19.9 Å². The molecule has 2 N–H and O–H groups in total. The highest BCUT2D eigenvalue weighted by atomic mass is 32.2. The lowest BCUT2D eigenvalue weighted by Crippen LogP contribution is -2.21. The van der Waals surface area contributed by atoms with Gasteiger partial charge in [-0.15, -0.1) is 0 Å². The van der Waals surface area contributed by atoms with Crippen molar-refractivity contribution >= 4 is 21.7 Å². The standard InChI is InChI=1S/C12H17NO5S/c1-3-18-6-7-19(16,17)13-11-5-4-9(2)8-10(11)12(14)15/h4-5,8,13H,3,6-7H2,1-2H3,(H,14,15). The van der Waals surface area contributed by atoms with Crippen LogP contribution in [0.4, 0.5) is 5.69 Å². The van der Waals surface area contributed by atoms with Gasteiger partial charge in [-0.2, -0.15) is 0 Å². The van der Waals surface area contributed by atoms with Gasteiger partial charge in [-0.1, -0.05) is 11.6 Å². The molecule has 0 fully saturated rings. The van der Waals surface area contributed by atoms with Gasteiger partial charge in [0.2, 0.25) is 10.0 Å². The Balaban J connectivity index is 2.90. The molecule has 0 spiro atoms. The van der Waals surface area contributed by atoms with Crippen LogP contribution in [0.1, 0.15) is 22.8 Å². The van der Waals surface area contributed by atoms with Gasteiger partial charge < -0.3 is 9.84 Å². The van der Waals surface area contributed by atoms with Crippen LogP contribution in [0.15, 0.2) is 18.2 Å². The van der Waals surface area contributed by atoms with Crippen LogP contribution in [0.2, 0.25) is 0 Å². The van der Waals surface area contributed by atoms with E-state index in [4.69, 9.17) is 9.84 Å². The van der Waals surface area contributed by atoms with E-state index in [0.29, 0.717) is 6.61 Å².